The molecule has 6 heteroatoms. The molecule has 0 fully saturated rings. The number of halogens is 1. The molecule has 0 aliphatic carbocycles. The molecule has 0 bridgehead atoms. The molecule has 0 aliphatic heterocycles. The van der Waals surface area contributed by atoms with Crippen LogP contribution >= 0.6 is 23.5 Å². The molecule has 3 nitrogen and oxygen atoms in total. The van der Waals surface area contributed by atoms with E-state index >= 15 is 0 Å². The zero-order valence-electron chi connectivity index (χ0n) is 11.2. The number of nitrogens with zero attached hydrogens (tertiary/aromatic N) is 2. The van der Waals surface area contributed by atoms with E-state index in [0.717, 1.165) is 15.5 Å². The van der Waals surface area contributed by atoms with Gasteiger partial charge in [-0.3, -0.25) is 5.32 Å². The Morgan fingerprint density at radius 1 is 1.10 bits per heavy atom. The molecular formula is C15H12FN3S2. The Labute approximate surface area is 131 Å². The molecule has 0 amide bonds. The Bertz CT molecular complexity index is 661. The minimum atomic E-state index is -0.237. The van der Waals surface area contributed by atoms with Gasteiger partial charge in [0.15, 0.2) is 11.4 Å². The van der Waals surface area contributed by atoms with Crippen molar-refractivity contribution < 1.29 is 4.39 Å². The van der Waals surface area contributed by atoms with E-state index in [4.69, 9.17) is 5.26 Å². The second-order valence-electron chi connectivity index (χ2n) is 3.91. The first-order chi connectivity index (χ1) is 10.2. The summed E-state index contributed by atoms with van der Waals surface area (Å²) in [6, 6.07) is 14.0. The molecular weight excluding hydrogens is 305 g/mol. The average molecular weight is 317 g/mol. The molecule has 0 aromatic heterocycles. The molecule has 0 aliphatic rings. The predicted octanol–water partition coefficient (Wildman–Crippen LogP) is 4.40. The van der Waals surface area contributed by atoms with Gasteiger partial charge in [0.1, 0.15) is 5.82 Å². The van der Waals surface area contributed by atoms with E-state index in [1.54, 1.807) is 23.9 Å². The average Bonchev–Trinajstić information content (AvgIpc) is 2.51. The Balaban J connectivity index is 2.08. The molecule has 0 saturated heterocycles. The van der Waals surface area contributed by atoms with Crippen molar-refractivity contribution in [1.82, 2.24) is 5.32 Å². The summed E-state index contributed by atoms with van der Waals surface area (Å²) in [5.74, 6) is -0.237. The van der Waals surface area contributed by atoms with Crippen LogP contribution in [0, 0.1) is 17.3 Å². The lowest BCUT2D eigenvalue weighted by Crippen LogP contribution is -2.12. The van der Waals surface area contributed by atoms with Crippen molar-refractivity contribution >= 4 is 34.4 Å². The lowest BCUT2D eigenvalue weighted by molar-refractivity contribution is 0.626. The van der Waals surface area contributed by atoms with Gasteiger partial charge in [0, 0.05) is 9.79 Å². The second kappa shape index (κ2) is 7.72. The molecule has 1 N–H and O–H groups in total. The summed E-state index contributed by atoms with van der Waals surface area (Å²) in [5.41, 5.74) is 0.769. The van der Waals surface area contributed by atoms with Gasteiger partial charge in [0.25, 0.3) is 0 Å². The number of benzene rings is 2. The molecule has 0 atom stereocenters. The number of nitrogens with one attached hydrogen (secondary N) is 1. The highest BCUT2D eigenvalue weighted by Gasteiger charge is 2.00. The van der Waals surface area contributed by atoms with Gasteiger partial charge in [-0.05, 0) is 54.8 Å². The molecule has 2 aromatic rings. The third-order valence-corrected chi connectivity index (χ3v) is 4.07. The summed E-state index contributed by atoms with van der Waals surface area (Å²) >= 11 is 2.92. The highest BCUT2D eigenvalue weighted by atomic mass is 32.2. The molecule has 106 valence electrons. The quantitative estimate of drug-likeness (QED) is 0.394. The summed E-state index contributed by atoms with van der Waals surface area (Å²) in [6.07, 6.45) is 3.70. The van der Waals surface area contributed by atoms with E-state index in [-0.39, 0.29) is 5.82 Å². The highest BCUT2D eigenvalue weighted by Crippen LogP contribution is 2.29. The first kappa shape index (κ1) is 15.4. The van der Waals surface area contributed by atoms with Gasteiger partial charge in [-0.2, -0.15) is 5.26 Å². The van der Waals surface area contributed by atoms with Crippen molar-refractivity contribution in [3.05, 3.63) is 54.3 Å². The Hall–Kier alpha value is -1.97. The Kier molecular flexibility index (Phi) is 5.67. The fourth-order valence-corrected chi connectivity index (χ4v) is 2.68. The van der Waals surface area contributed by atoms with Crippen LogP contribution in [-0.2, 0) is 0 Å². The van der Waals surface area contributed by atoms with Crippen LogP contribution in [0.4, 0.5) is 10.1 Å². The number of aliphatic imine (C=N–C) groups is 1. The van der Waals surface area contributed by atoms with E-state index in [9.17, 15) is 4.39 Å². The number of amidine groups is 1. The van der Waals surface area contributed by atoms with Gasteiger partial charge < -0.3 is 0 Å². The molecule has 0 heterocycles. The van der Waals surface area contributed by atoms with Crippen molar-refractivity contribution in [2.45, 2.75) is 9.79 Å². The second-order valence-corrected chi connectivity index (χ2v) is 5.85. The van der Waals surface area contributed by atoms with E-state index < -0.39 is 0 Å². The number of hydrogen-bond acceptors (Lipinski definition) is 4. The van der Waals surface area contributed by atoms with Crippen LogP contribution in [0.15, 0.2) is 63.3 Å². The number of nitriles is 1. The molecule has 0 saturated carbocycles. The highest BCUT2D eigenvalue weighted by molar-refractivity contribution is 8.13. The zero-order valence-corrected chi connectivity index (χ0v) is 12.8. The normalized spacial score (nSPS) is 11.0. The minimum Gasteiger partial charge on any atom is -0.271 e. The fraction of sp³-hybridized carbons (Fsp3) is 0.0667. The van der Waals surface area contributed by atoms with Gasteiger partial charge in [-0.1, -0.05) is 23.5 Å². The largest absolute Gasteiger partial charge is 0.271 e. The van der Waals surface area contributed by atoms with Crippen LogP contribution < -0.4 is 5.32 Å². The van der Waals surface area contributed by atoms with Gasteiger partial charge in [0.05, 0.1) is 5.69 Å². The summed E-state index contributed by atoms with van der Waals surface area (Å²) in [4.78, 5) is 6.33. The summed E-state index contributed by atoms with van der Waals surface area (Å²) in [5, 5.41) is 11.7. The van der Waals surface area contributed by atoms with Crippen LogP contribution in [0.2, 0.25) is 0 Å². The lowest BCUT2D eigenvalue weighted by Gasteiger charge is -2.03. The van der Waals surface area contributed by atoms with Gasteiger partial charge in [0.2, 0.25) is 0 Å². The maximum absolute atomic E-state index is 12.8. The molecule has 2 aromatic carbocycles. The van der Waals surface area contributed by atoms with Gasteiger partial charge >= 0.3 is 0 Å². The van der Waals surface area contributed by atoms with E-state index in [0.29, 0.717) is 5.17 Å². The topological polar surface area (TPSA) is 48.2 Å². The SMILES string of the molecule is CSC(=Nc1ccc(Sc2ccc(F)cc2)cc1)NC#N. The maximum atomic E-state index is 12.8. The van der Waals surface area contributed by atoms with Crippen molar-refractivity contribution in [1.29, 1.82) is 5.26 Å². The first-order valence-corrected chi connectivity index (χ1v) is 8.06. The van der Waals surface area contributed by atoms with Crippen LogP contribution in [0.25, 0.3) is 0 Å². The molecule has 0 unspecified atom stereocenters. The molecule has 2 rings (SSSR count). The fourth-order valence-electron chi connectivity index (χ4n) is 1.52. The summed E-state index contributed by atoms with van der Waals surface area (Å²) in [7, 11) is 0. The number of thioether (sulfide) groups is 1. The van der Waals surface area contributed by atoms with E-state index in [1.807, 2.05) is 36.7 Å². The van der Waals surface area contributed by atoms with E-state index in [1.165, 1.54) is 23.9 Å². The summed E-state index contributed by atoms with van der Waals surface area (Å²) < 4.78 is 12.8. The van der Waals surface area contributed by atoms with Crippen molar-refractivity contribution in [3.8, 4) is 6.19 Å². The Morgan fingerprint density at radius 2 is 1.67 bits per heavy atom. The van der Waals surface area contributed by atoms with Crippen LogP contribution in [0.5, 0.6) is 0 Å². The molecule has 0 radical (unpaired) electrons. The zero-order chi connectivity index (χ0) is 15.1. The molecule has 0 spiro atoms. The monoisotopic (exact) mass is 317 g/mol. The third kappa shape index (κ3) is 4.81. The van der Waals surface area contributed by atoms with Crippen LogP contribution in [0.3, 0.4) is 0 Å². The molecule has 21 heavy (non-hydrogen) atoms. The Morgan fingerprint density at radius 3 is 2.19 bits per heavy atom. The predicted molar refractivity (Wildman–Crippen MR) is 86.3 cm³/mol. The third-order valence-electron chi connectivity index (χ3n) is 2.47. The standard InChI is InChI=1S/C15H12FN3S2/c1-20-15(18-10-17)19-12-4-8-14(9-5-12)21-13-6-2-11(16)3-7-13/h2-9H,1H3,(H,18,19). The number of rotatable bonds is 3. The van der Waals surface area contributed by atoms with Crippen molar-refractivity contribution in [2.75, 3.05) is 6.26 Å². The summed E-state index contributed by atoms with van der Waals surface area (Å²) in [6.45, 7) is 0. The van der Waals surface area contributed by atoms with Crippen molar-refractivity contribution in [3.63, 3.8) is 0 Å². The van der Waals surface area contributed by atoms with Gasteiger partial charge in [-0.25, -0.2) is 9.38 Å². The lowest BCUT2D eigenvalue weighted by atomic mass is 10.3. The smallest absolute Gasteiger partial charge is 0.183 e. The first-order valence-electron chi connectivity index (χ1n) is 6.02. The van der Waals surface area contributed by atoms with Crippen LogP contribution in [-0.4, -0.2) is 11.4 Å². The van der Waals surface area contributed by atoms with E-state index in [2.05, 4.69) is 10.3 Å². The van der Waals surface area contributed by atoms with Crippen LogP contribution in [0.1, 0.15) is 0 Å². The number of hydrogen-bond donors (Lipinski definition) is 1. The minimum absolute atomic E-state index is 0.237. The van der Waals surface area contributed by atoms with Gasteiger partial charge in [-0.15, -0.1) is 0 Å². The maximum Gasteiger partial charge on any atom is 0.183 e. The van der Waals surface area contributed by atoms with Crippen molar-refractivity contribution in [2.24, 2.45) is 4.99 Å².